The number of fused-ring (bicyclic) bond motifs is 1. The van der Waals surface area contributed by atoms with Crippen LogP contribution in [-0.4, -0.2) is 9.97 Å². The van der Waals surface area contributed by atoms with Crippen molar-refractivity contribution in [2.45, 2.75) is 0 Å². The predicted octanol–water partition coefficient (Wildman–Crippen LogP) is 3.95. The third kappa shape index (κ3) is 3.03. The van der Waals surface area contributed by atoms with Crippen molar-refractivity contribution in [2.24, 2.45) is 0 Å². The van der Waals surface area contributed by atoms with E-state index >= 15 is 0 Å². The molecular formula is C22H15N7. The van der Waals surface area contributed by atoms with Crippen molar-refractivity contribution in [3.8, 4) is 23.3 Å². The minimum absolute atomic E-state index is 0.000574. The quantitative estimate of drug-likeness (QED) is 0.491. The number of nitriles is 2. The molecule has 0 saturated carbocycles. The van der Waals surface area contributed by atoms with Gasteiger partial charge in [-0.1, -0.05) is 48.5 Å². The van der Waals surface area contributed by atoms with Crippen LogP contribution in [0.4, 0.5) is 23.0 Å². The number of nitrogen functional groups attached to an aromatic ring is 2. The molecule has 0 amide bonds. The lowest BCUT2D eigenvalue weighted by Gasteiger charge is -2.16. The Morgan fingerprint density at radius 3 is 2.03 bits per heavy atom. The third-order valence-corrected chi connectivity index (χ3v) is 4.52. The van der Waals surface area contributed by atoms with Crippen LogP contribution in [0, 0.1) is 22.7 Å². The van der Waals surface area contributed by atoms with Gasteiger partial charge in [0.2, 0.25) is 0 Å². The summed E-state index contributed by atoms with van der Waals surface area (Å²) in [5, 5.41) is 23.0. The smallest absolute Gasteiger partial charge is 0.166 e. The van der Waals surface area contributed by atoms with Crippen LogP contribution in [0.15, 0.2) is 60.7 Å². The SMILES string of the molecule is N#Cc1c(N)nc2nc(Nc3ccccc3)c(C#N)c(-c3ccccc3)c2c1N. The minimum atomic E-state index is -0.000574. The number of pyridine rings is 2. The highest BCUT2D eigenvalue weighted by atomic mass is 15.0. The summed E-state index contributed by atoms with van der Waals surface area (Å²) in [6, 6.07) is 22.9. The Labute approximate surface area is 166 Å². The summed E-state index contributed by atoms with van der Waals surface area (Å²) < 4.78 is 0. The molecule has 0 fully saturated rings. The largest absolute Gasteiger partial charge is 0.397 e. The lowest BCUT2D eigenvalue weighted by Crippen LogP contribution is -2.07. The van der Waals surface area contributed by atoms with Crippen molar-refractivity contribution in [1.82, 2.24) is 9.97 Å². The maximum absolute atomic E-state index is 9.99. The Hall–Kier alpha value is -4.62. The average molecular weight is 377 g/mol. The molecule has 5 N–H and O–H groups in total. The maximum atomic E-state index is 9.99. The first-order chi connectivity index (χ1) is 14.1. The van der Waals surface area contributed by atoms with E-state index in [0.717, 1.165) is 11.3 Å². The lowest BCUT2D eigenvalue weighted by molar-refractivity contribution is 1.26. The van der Waals surface area contributed by atoms with Crippen LogP contribution in [0.1, 0.15) is 11.1 Å². The van der Waals surface area contributed by atoms with E-state index < -0.39 is 0 Å². The van der Waals surface area contributed by atoms with Gasteiger partial charge in [-0.2, -0.15) is 10.5 Å². The zero-order chi connectivity index (χ0) is 20.4. The molecule has 7 nitrogen and oxygen atoms in total. The van der Waals surface area contributed by atoms with Crippen LogP contribution in [-0.2, 0) is 0 Å². The van der Waals surface area contributed by atoms with E-state index in [1.54, 1.807) is 0 Å². The van der Waals surface area contributed by atoms with Crippen molar-refractivity contribution >= 4 is 34.0 Å². The van der Waals surface area contributed by atoms with Crippen molar-refractivity contribution in [3.05, 3.63) is 71.8 Å². The zero-order valence-corrected chi connectivity index (χ0v) is 15.2. The molecule has 0 atom stereocenters. The number of para-hydroxylation sites is 1. The van der Waals surface area contributed by atoms with Gasteiger partial charge in [-0.25, -0.2) is 9.97 Å². The summed E-state index contributed by atoms with van der Waals surface area (Å²) in [5.41, 5.74) is 15.1. The van der Waals surface area contributed by atoms with E-state index in [2.05, 4.69) is 21.4 Å². The second kappa shape index (κ2) is 7.18. The number of nitrogens with two attached hydrogens (primary N) is 2. The molecule has 2 aromatic carbocycles. The van der Waals surface area contributed by atoms with Gasteiger partial charge < -0.3 is 16.8 Å². The number of hydrogen-bond donors (Lipinski definition) is 3. The number of benzene rings is 2. The van der Waals surface area contributed by atoms with Gasteiger partial charge >= 0.3 is 0 Å². The molecule has 2 aromatic heterocycles. The molecule has 0 aliphatic rings. The van der Waals surface area contributed by atoms with E-state index in [1.807, 2.05) is 66.7 Å². The zero-order valence-electron chi connectivity index (χ0n) is 15.2. The summed E-state index contributed by atoms with van der Waals surface area (Å²) in [7, 11) is 0. The molecule has 0 bridgehead atoms. The van der Waals surface area contributed by atoms with Gasteiger partial charge in [0.15, 0.2) is 11.5 Å². The second-order valence-electron chi connectivity index (χ2n) is 6.28. The van der Waals surface area contributed by atoms with E-state index in [-0.39, 0.29) is 22.7 Å². The van der Waals surface area contributed by atoms with Crippen LogP contribution in [0.5, 0.6) is 0 Å². The topological polar surface area (TPSA) is 137 Å². The Morgan fingerprint density at radius 1 is 0.793 bits per heavy atom. The van der Waals surface area contributed by atoms with Crippen LogP contribution in [0.2, 0.25) is 0 Å². The number of aromatic nitrogens is 2. The Bertz CT molecular complexity index is 1300. The first-order valence-electron chi connectivity index (χ1n) is 8.74. The molecule has 4 aromatic rings. The second-order valence-corrected chi connectivity index (χ2v) is 6.28. The first kappa shape index (κ1) is 17.8. The molecule has 4 rings (SSSR count). The molecule has 7 heteroatoms. The van der Waals surface area contributed by atoms with Crippen LogP contribution >= 0.6 is 0 Å². The monoisotopic (exact) mass is 377 g/mol. The van der Waals surface area contributed by atoms with E-state index in [9.17, 15) is 10.5 Å². The van der Waals surface area contributed by atoms with Crippen molar-refractivity contribution in [3.63, 3.8) is 0 Å². The van der Waals surface area contributed by atoms with E-state index in [4.69, 9.17) is 11.5 Å². The number of anilines is 4. The maximum Gasteiger partial charge on any atom is 0.166 e. The molecular weight excluding hydrogens is 362 g/mol. The van der Waals surface area contributed by atoms with Gasteiger partial charge in [0.05, 0.1) is 11.1 Å². The molecule has 0 aliphatic carbocycles. The molecule has 0 radical (unpaired) electrons. The van der Waals surface area contributed by atoms with E-state index in [0.29, 0.717) is 22.3 Å². The fourth-order valence-electron chi connectivity index (χ4n) is 3.21. The molecule has 0 saturated heterocycles. The number of nitrogens with one attached hydrogen (secondary N) is 1. The van der Waals surface area contributed by atoms with Crippen molar-refractivity contribution < 1.29 is 0 Å². The normalized spacial score (nSPS) is 10.3. The number of nitrogens with zero attached hydrogens (tertiary/aromatic N) is 4. The summed E-state index contributed by atoms with van der Waals surface area (Å²) in [5.74, 6) is 0.334. The van der Waals surface area contributed by atoms with Crippen molar-refractivity contribution in [1.29, 1.82) is 10.5 Å². The van der Waals surface area contributed by atoms with Crippen molar-refractivity contribution in [2.75, 3.05) is 16.8 Å². The Balaban J connectivity index is 2.12. The van der Waals surface area contributed by atoms with Crippen LogP contribution in [0.3, 0.4) is 0 Å². The fraction of sp³-hybridized carbons (Fsp3) is 0. The van der Waals surface area contributed by atoms with Crippen LogP contribution in [0.25, 0.3) is 22.2 Å². The predicted molar refractivity (Wildman–Crippen MR) is 113 cm³/mol. The average Bonchev–Trinajstić information content (AvgIpc) is 2.74. The van der Waals surface area contributed by atoms with Gasteiger partial charge in [0.1, 0.15) is 29.1 Å². The molecule has 0 unspecified atom stereocenters. The van der Waals surface area contributed by atoms with Crippen LogP contribution < -0.4 is 16.8 Å². The first-order valence-corrected chi connectivity index (χ1v) is 8.74. The molecule has 29 heavy (non-hydrogen) atoms. The van der Waals surface area contributed by atoms with Gasteiger partial charge in [-0.15, -0.1) is 0 Å². The van der Waals surface area contributed by atoms with Gasteiger partial charge in [0, 0.05) is 11.3 Å². The summed E-state index contributed by atoms with van der Waals surface area (Å²) >= 11 is 0. The highest BCUT2D eigenvalue weighted by molar-refractivity contribution is 6.07. The van der Waals surface area contributed by atoms with Gasteiger partial charge in [-0.05, 0) is 17.7 Å². The number of hydrogen-bond acceptors (Lipinski definition) is 7. The minimum Gasteiger partial charge on any atom is -0.397 e. The Kier molecular flexibility index (Phi) is 4.40. The Morgan fingerprint density at radius 2 is 1.41 bits per heavy atom. The molecule has 2 heterocycles. The van der Waals surface area contributed by atoms with E-state index in [1.165, 1.54) is 0 Å². The molecule has 0 spiro atoms. The summed E-state index contributed by atoms with van der Waals surface area (Å²) in [6.07, 6.45) is 0. The standard InChI is InChI=1S/C22H15N7/c23-11-15-17(13-7-3-1-4-8-13)18-19(25)16(12-24)20(26)28-22(18)29-21(15)27-14-9-5-2-6-10-14/h1-10H,(H5,25,26,27,28,29). The number of rotatable bonds is 3. The van der Waals surface area contributed by atoms with Gasteiger partial charge in [-0.3, -0.25) is 0 Å². The lowest BCUT2D eigenvalue weighted by atomic mass is 9.95. The highest BCUT2D eigenvalue weighted by Gasteiger charge is 2.22. The molecule has 0 aliphatic heterocycles. The highest BCUT2D eigenvalue weighted by Crippen LogP contribution is 2.39. The van der Waals surface area contributed by atoms with Gasteiger partial charge in [0.25, 0.3) is 0 Å². The molecule has 138 valence electrons. The summed E-state index contributed by atoms with van der Waals surface area (Å²) in [4.78, 5) is 8.80. The summed E-state index contributed by atoms with van der Waals surface area (Å²) in [6.45, 7) is 0. The third-order valence-electron chi connectivity index (χ3n) is 4.52. The fourth-order valence-corrected chi connectivity index (χ4v) is 3.21.